The van der Waals surface area contributed by atoms with Gasteiger partial charge >= 0.3 is 0 Å². The van der Waals surface area contributed by atoms with Gasteiger partial charge in [0.15, 0.2) is 0 Å². The molecule has 2 aromatic carbocycles. The maximum atomic E-state index is 5.93. The van der Waals surface area contributed by atoms with E-state index in [1.54, 1.807) is 6.21 Å². The van der Waals surface area contributed by atoms with Crippen LogP contribution in [-0.4, -0.2) is 73.8 Å². The van der Waals surface area contributed by atoms with Crippen LogP contribution in [0, 0.1) is 0 Å². The van der Waals surface area contributed by atoms with Crippen molar-refractivity contribution < 1.29 is 14.2 Å². The predicted molar refractivity (Wildman–Crippen MR) is 139 cm³/mol. The first-order valence-corrected chi connectivity index (χ1v) is 12.3. The summed E-state index contributed by atoms with van der Waals surface area (Å²) in [5.41, 5.74) is 4.94. The van der Waals surface area contributed by atoms with Gasteiger partial charge in [-0.15, -0.1) is 0 Å². The Bertz CT molecular complexity index is 1110. The lowest BCUT2D eigenvalue weighted by Crippen LogP contribution is -2.40. The van der Waals surface area contributed by atoms with Gasteiger partial charge in [0, 0.05) is 31.2 Å². The van der Waals surface area contributed by atoms with Gasteiger partial charge in [-0.2, -0.15) is 20.1 Å². The molecule has 2 saturated heterocycles. The van der Waals surface area contributed by atoms with E-state index in [1.165, 1.54) is 0 Å². The lowest BCUT2D eigenvalue weighted by molar-refractivity contribution is 0.121. The third kappa shape index (κ3) is 6.60. The van der Waals surface area contributed by atoms with Crippen molar-refractivity contribution >= 4 is 35.7 Å². The molecule has 10 nitrogen and oxygen atoms in total. The van der Waals surface area contributed by atoms with Gasteiger partial charge in [0.1, 0.15) is 12.4 Å². The first kappa shape index (κ1) is 24.2. The largest absolute Gasteiger partial charge is 0.489 e. The van der Waals surface area contributed by atoms with Gasteiger partial charge in [0.2, 0.25) is 17.8 Å². The summed E-state index contributed by atoms with van der Waals surface area (Å²) >= 11 is 5.93. The zero-order valence-electron chi connectivity index (χ0n) is 19.8. The maximum absolute atomic E-state index is 5.93. The minimum absolute atomic E-state index is 0.396. The Morgan fingerprint density at radius 2 is 1.42 bits per heavy atom. The highest BCUT2D eigenvalue weighted by Crippen LogP contribution is 2.19. The monoisotopic (exact) mass is 509 g/mol. The van der Waals surface area contributed by atoms with Crippen LogP contribution in [0.5, 0.6) is 5.75 Å². The van der Waals surface area contributed by atoms with Crippen LogP contribution in [0.1, 0.15) is 11.1 Å². The summed E-state index contributed by atoms with van der Waals surface area (Å²) in [6.45, 7) is 6.03. The van der Waals surface area contributed by atoms with Crippen molar-refractivity contribution in [2.75, 3.05) is 67.8 Å². The number of nitrogens with one attached hydrogen (secondary N) is 1. The second-order valence-electron chi connectivity index (χ2n) is 8.31. The van der Waals surface area contributed by atoms with E-state index in [2.05, 4.69) is 30.3 Å². The molecule has 1 aromatic heterocycles. The van der Waals surface area contributed by atoms with Gasteiger partial charge in [-0.3, -0.25) is 0 Å². The van der Waals surface area contributed by atoms with Crippen molar-refractivity contribution in [2.24, 2.45) is 5.10 Å². The van der Waals surface area contributed by atoms with Crippen LogP contribution >= 0.6 is 11.6 Å². The van der Waals surface area contributed by atoms with Crippen molar-refractivity contribution in [2.45, 2.75) is 6.61 Å². The molecule has 11 heteroatoms. The second-order valence-corrected chi connectivity index (χ2v) is 8.75. The summed E-state index contributed by atoms with van der Waals surface area (Å²) in [5, 5.41) is 5.06. The van der Waals surface area contributed by atoms with Crippen LogP contribution in [0.15, 0.2) is 53.6 Å². The first-order chi connectivity index (χ1) is 17.7. The van der Waals surface area contributed by atoms with E-state index in [4.69, 9.17) is 30.8 Å². The molecule has 0 unspecified atom stereocenters. The summed E-state index contributed by atoms with van der Waals surface area (Å²) in [6.07, 6.45) is 1.72. The molecule has 5 rings (SSSR count). The molecular weight excluding hydrogens is 482 g/mol. The number of hydrogen-bond acceptors (Lipinski definition) is 10. The summed E-state index contributed by atoms with van der Waals surface area (Å²) in [4.78, 5) is 18.1. The summed E-state index contributed by atoms with van der Waals surface area (Å²) in [5.74, 6) is 2.41. The Morgan fingerprint density at radius 1 is 0.833 bits per heavy atom. The summed E-state index contributed by atoms with van der Waals surface area (Å²) in [6, 6.07) is 15.3. The van der Waals surface area contributed by atoms with Gasteiger partial charge in [-0.1, -0.05) is 23.7 Å². The zero-order chi connectivity index (χ0) is 24.6. The first-order valence-electron chi connectivity index (χ1n) is 11.9. The highest BCUT2D eigenvalue weighted by Gasteiger charge is 2.20. The van der Waals surface area contributed by atoms with Crippen LogP contribution in [-0.2, 0) is 16.1 Å². The molecule has 0 atom stereocenters. The van der Waals surface area contributed by atoms with Gasteiger partial charge in [0.05, 0.1) is 32.6 Å². The lowest BCUT2D eigenvalue weighted by Gasteiger charge is -2.30. The Balaban J connectivity index is 1.23. The second kappa shape index (κ2) is 12.0. The third-order valence-corrected chi connectivity index (χ3v) is 6.03. The number of nitrogens with zero attached hydrogens (tertiary/aromatic N) is 6. The molecule has 3 aromatic rings. The third-order valence-electron chi connectivity index (χ3n) is 5.78. The number of hydrazone groups is 1. The SMILES string of the molecule is Clc1ccc(COc2ccc(/C=N\Nc3nc(N4CCOCC4)nc(N4CCOCC4)n3)cc2)cc1. The maximum Gasteiger partial charge on any atom is 0.250 e. The van der Waals surface area contributed by atoms with E-state index in [0.29, 0.717) is 55.9 Å². The van der Waals surface area contributed by atoms with Gasteiger partial charge in [0.25, 0.3) is 0 Å². The number of benzene rings is 2. The van der Waals surface area contributed by atoms with Crippen molar-refractivity contribution in [1.82, 2.24) is 15.0 Å². The van der Waals surface area contributed by atoms with Crippen molar-refractivity contribution in [3.05, 3.63) is 64.7 Å². The average molecular weight is 510 g/mol. The molecule has 36 heavy (non-hydrogen) atoms. The number of anilines is 3. The number of rotatable bonds is 8. The molecule has 2 fully saturated rings. The minimum Gasteiger partial charge on any atom is -0.489 e. The van der Waals surface area contributed by atoms with E-state index >= 15 is 0 Å². The molecule has 3 heterocycles. The van der Waals surface area contributed by atoms with E-state index in [1.807, 2.05) is 48.5 Å². The smallest absolute Gasteiger partial charge is 0.250 e. The highest BCUT2D eigenvalue weighted by molar-refractivity contribution is 6.30. The number of hydrogen-bond donors (Lipinski definition) is 1. The fourth-order valence-electron chi connectivity index (χ4n) is 3.78. The summed E-state index contributed by atoms with van der Waals surface area (Å²) in [7, 11) is 0. The van der Waals surface area contributed by atoms with Crippen LogP contribution < -0.4 is 20.0 Å². The molecule has 0 spiro atoms. The van der Waals surface area contributed by atoms with Crippen LogP contribution in [0.3, 0.4) is 0 Å². The number of ether oxygens (including phenoxy) is 3. The molecule has 2 aliphatic heterocycles. The lowest BCUT2D eigenvalue weighted by atomic mass is 10.2. The van der Waals surface area contributed by atoms with E-state index in [0.717, 1.165) is 43.1 Å². The Morgan fingerprint density at radius 3 is 2.00 bits per heavy atom. The molecule has 0 amide bonds. The van der Waals surface area contributed by atoms with Crippen LogP contribution in [0.25, 0.3) is 0 Å². The number of halogens is 1. The van der Waals surface area contributed by atoms with Gasteiger partial charge in [-0.25, -0.2) is 5.43 Å². The van der Waals surface area contributed by atoms with Crippen molar-refractivity contribution in [1.29, 1.82) is 0 Å². The number of morpholine rings is 2. The highest BCUT2D eigenvalue weighted by atomic mass is 35.5. The molecule has 1 N–H and O–H groups in total. The van der Waals surface area contributed by atoms with Gasteiger partial charge < -0.3 is 24.0 Å². The molecule has 0 aliphatic carbocycles. The van der Waals surface area contributed by atoms with Gasteiger partial charge in [-0.05, 0) is 47.5 Å². The zero-order valence-corrected chi connectivity index (χ0v) is 20.6. The van der Waals surface area contributed by atoms with E-state index in [-0.39, 0.29) is 0 Å². The molecule has 0 bridgehead atoms. The van der Waals surface area contributed by atoms with E-state index in [9.17, 15) is 0 Å². The average Bonchev–Trinajstić information content (AvgIpc) is 2.94. The van der Waals surface area contributed by atoms with E-state index < -0.39 is 0 Å². The molecule has 0 radical (unpaired) electrons. The van der Waals surface area contributed by atoms with Crippen molar-refractivity contribution in [3.63, 3.8) is 0 Å². The topological polar surface area (TPSA) is 97.2 Å². The molecule has 2 aliphatic rings. The molecular formula is C25H28ClN7O3. The fraction of sp³-hybridized carbons (Fsp3) is 0.360. The summed E-state index contributed by atoms with van der Waals surface area (Å²) < 4.78 is 16.8. The fourth-order valence-corrected chi connectivity index (χ4v) is 3.90. The minimum atomic E-state index is 0.396. The quantitative estimate of drug-likeness (QED) is 0.362. The predicted octanol–water partition coefficient (Wildman–Crippen LogP) is 3.22. The normalized spacial score (nSPS) is 16.4. The van der Waals surface area contributed by atoms with Crippen LogP contribution in [0.4, 0.5) is 17.8 Å². The van der Waals surface area contributed by atoms with Crippen LogP contribution in [0.2, 0.25) is 5.02 Å². The number of aromatic nitrogens is 3. The molecule has 188 valence electrons. The Hall–Kier alpha value is -3.47. The Kier molecular flexibility index (Phi) is 8.06. The standard InChI is InChI=1S/C25H28ClN7O3/c26-21-5-1-20(2-6-21)18-36-22-7-3-19(4-8-22)17-27-31-23-28-24(32-9-13-34-14-10-32)30-25(29-23)33-11-15-35-16-12-33/h1-8,17H,9-16,18H2,(H,28,29,30,31)/b27-17-. The Labute approximate surface area is 214 Å². The van der Waals surface area contributed by atoms with Crippen molar-refractivity contribution in [3.8, 4) is 5.75 Å². The molecule has 0 saturated carbocycles.